The number of nitrogens with zero attached hydrogens (tertiary/aromatic N) is 3. The number of amides is 1. The van der Waals surface area contributed by atoms with Crippen LogP contribution in [-0.4, -0.2) is 55.4 Å². The predicted molar refractivity (Wildman–Crippen MR) is 121 cm³/mol. The number of anilines is 1. The first-order valence-electron chi connectivity index (χ1n) is 9.73. The Balaban J connectivity index is 2.36. The molecule has 2 aromatic heterocycles. The van der Waals surface area contributed by atoms with Crippen LogP contribution in [-0.2, 0) is 9.47 Å². The number of halogens is 1. The number of ether oxygens (including phenoxy) is 3. The van der Waals surface area contributed by atoms with E-state index in [2.05, 4.69) is 34.8 Å². The van der Waals surface area contributed by atoms with Crippen LogP contribution in [0.2, 0.25) is 30.7 Å². The van der Waals surface area contributed by atoms with Crippen molar-refractivity contribution in [2.24, 2.45) is 0 Å². The lowest BCUT2D eigenvalue weighted by Gasteiger charge is -2.27. The second-order valence-corrected chi connectivity index (χ2v) is 15.2. The highest BCUT2D eigenvalue weighted by Gasteiger charge is 2.28. The van der Waals surface area contributed by atoms with Gasteiger partial charge in [0.1, 0.15) is 12.3 Å². The van der Waals surface area contributed by atoms with Gasteiger partial charge in [-0.1, -0.05) is 31.2 Å². The van der Waals surface area contributed by atoms with E-state index in [9.17, 15) is 4.79 Å². The van der Waals surface area contributed by atoms with Gasteiger partial charge >= 0.3 is 6.09 Å². The Morgan fingerprint density at radius 1 is 1.27 bits per heavy atom. The molecule has 166 valence electrons. The van der Waals surface area contributed by atoms with Gasteiger partial charge in [0.2, 0.25) is 5.88 Å². The Bertz CT molecular complexity index is 861. The smallest absolute Gasteiger partial charge is 0.416 e. The molecule has 2 heterocycles. The zero-order chi connectivity index (χ0) is 22.5. The van der Waals surface area contributed by atoms with Crippen molar-refractivity contribution in [1.29, 1.82) is 0 Å². The number of nitrogens with one attached hydrogen (secondary N) is 1. The van der Waals surface area contributed by atoms with Gasteiger partial charge in [-0.25, -0.2) is 9.78 Å². The summed E-state index contributed by atoms with van der Waals surface area (Å²) in [6.07, 6.45) is 2.50. The molecule has 30 heavy (non-hydrogen) atoms. The molecule has 1 amide bonds. The first-order chi connectivity index (χ1) is 13.9. The molecule has 2 aromatic rings. The average Bonchev–Trinajstić information content (AvgIpc) is 3.08. The maximum atomic E-state index is 13.0. The standard InChI is InChI=1S/C20H31ClN4O4Si/c1-20(2,3)29-19(26)25(13-28-8-9-30(5,6)7)16-12-23-24-17(16)15-10-14(21)11-22-18(15)27-4/h10-12H,8-9,13H2,1-7H3,(H,23,24). The van der Waals surface area contributed by atoms with Crippen molar-refractivity contribution in [2.45, 2.75) is 52.1 Å². The Morgan fingerprint density at radius 3 is 2.57 bits per heavy atom. The van der Waals surface area contributed by atoms with Crippen molar-refractivity contribution >= 4 is 31.5 Å². The third kappa shape index (κ3) is 7.00. The highest BCUT2D eigenvalue weighted by atomic mass is 35.5. The van der Waals surface area contributed by atoms with Crippen LogP contribution >= 0.6 is 11.6 Å². The monoisotopic (exact) mass is 454 g/mol. The quantitative estimate of drug-likeness (QED) is 0.335. The van der Waals surface area contributed by atoms with Crippen LogP contribution in [0.5, 0.6) is 5.88 Å². The summed E-state index contributed by atoms with van der Waals surface area (Å²) < 4.78 is 16.8. The fraction of sp³-hybridized carbons (Fsp3) is 0.550. The predicted octanol–water partition coefficient (Wildman–Crippen LogP) is 5.19. The number of hydrogen-bond donors (Lipinski definition) is 1. The SMILES string of the molecule is COc1ncc(Cl)cc1-c1[nH]ncc1N(COCC[Si](C)(C)C)C(=O)OC(C)(C)C. The van der Waals surface area contributed by atoms with Gasteiger partial charge in [0.15, 0.2) is 0 Å². The summed E-state index contributed by atoms with van der Waals surface area (Å²) in [5.74, 6) is 0.355. The zero-order valence-electron chi connectivity index (χ0n) is 18.7. The van der Waals surface area contributed by atoms with E-state index in [0.717, 1.165) is 6.04 Å². The molecule has 0 aliphatic carbocycles. The van der Waals surface area contributed by atoms with Crippen LogP contribution in [0.3, 0.4) is 0 Å². The minimum Gasteiger partial charge on any atom is -0.481 e. The van der Waals surface area contributed by atoms with Gasteiger partial charge in [-0.2, -0.15) is 5.10 Å². The van der Waals surface area contributed by atoms with Gasteiger partial charge in [0, 0.05) is 20.9 Å². The molecule has 0 spiro atoms. The third-order valence-electron chi connectivity index (χ3n) is 4.02. The van der Waals surface area contributed by atoms with E-state index in [0.29, 0.717) is 34.5 Å². The van der Waals surface area contributed by atoms with Gasteiger partial charge in [-0.3, -0.25) is 10.00 Å². The lowest BCUT2D eigenvalue weighted by Crippen LogP contribution is -2.38. The second kappa shape index (κ2) is 9.80. The third-order valence-corrected chi connectivity index (χ3v) is 5.93. The Kier molecular flexibility index (Phi) is 7.90. The molecular formula is C20H31ClN4O4Si. The largest absolute Gasteiger partial charge is 0.481 e. The van der Waals surface area contributed by atoms with Crippen LogP contribution in [0, 0.1) is 0 Å². The van der Waals surface area contributed by atoms with E-state index in [-0.39, 0.29) is 6.73 Å². The van der Waals surface area contributed by atoms with Gasteiger partial charge in [0.25, 0.3) is 0 Å². The van der Waals surface area contributed by atoms with Crippen molar-refractivity contribution in [3.8, 4) is 17.1 Å². The number of hydrogen-bond acceptors (Lipinski definition) is 6. The normalized spacial score (nSPS) is 12.0. The van der Waals surface area contributed by atoms with Crippen molar-refractivity contribution in [1.82, 2.24) is 15.2 Å². The first-order valence-corrected chi connectivity index (χ1v) is 13.8. The van der Waals surface area contributed by atoms with Crippen LogP contribution < -0.4 is 9.64 Å². The Labute approximate surface area is 183 Å². The summed E-state index contributed by atoms with van der Waals surface area (Å²) in [5, 5.41) is 7.46. The highest BCUT2D eigenvalue weighted by molar-refractivity contribution is 6.76. The van der Waals surface area contributed by atoms with Gasteiger partial charge in [-0.15, -0.1) is 0 Å². The zero-order valence-corrected chi connectivity index (χ0v) is 20.5. The van der Waals surface area contributed by atoms with Crippen molar-refractivity contribution < 1.29 is 19.0 Å². The summed E-state index contributed by atoms with van der Waals surface area (Å²) in [5.41, 5.74) is 0.932. The van der Waals surface area contributed by atoms with E-state index in [4.69, 9.17) is 25.8 Å². The molecular weight excluding hydrogens is 424 g/mol. The van der Waals surface area contributed by atoms with E-state index < -0.39 is 19.8 Å². The molecule has 0 radical (unpaired) electrons. The number of aromatic nitrogens is 3. The molecule has 0 bridgehead atoms. The number of pyridine rings is 1. The fourth-order valence-electron chi connectivity index (χ4n) is 2.52. The summed E-state index contributed by atoms with van der Waals surface area (Å²) in [4.78, 5) is 18.6. The molecule has 2 rings (SSSR count). The minimum absolute atomic E-state index is 0.0300. The van der Waals surface area contributed by atoms with Crippen LogP contribution in [0.25, 0.3) is 11.3 Å². The molecule has 0 saturated carbocycles. The Morgan fingerprint density at radius 2 is 1.97 bits per heavy atom. The number of aromatic amines is 1. The topological polar surface area (TPSA) is 89.6 Å². The minimum atomic E-state index is -1.26. The molecule has 0 aliphatic rings. The molecule has 8 nitrogen and oxygen atoms in total. The van der Waals surface area contributed by atoms with E-state index in [1.165, 1.54) is 18.2 Å². The van der Waals surface area contributed by atoms with Crippen molar-refractivity contribution in [3.63, 3.8) is 0 Å². The average molecular weight is 455 g/mol. The van der Waals surface area contributed by atoms with Crippen LogP contribution in [0.15, 0.2) is 18.5 Å². The van der Waals surface area contributed by atoms with Gasteiger partial charge in [0.05, 0.1) is 35.3 Å². The number of carbonyl (C=O) groups excluding carboxylic acids is 1. The molecule has 0 unspecified atom stereocenters. The van der Waals surface area contributed by atoms with E-state index in [1.54, 1.807) is 12.3 Å². The van der Waals surface area contributed by atoms with Crippen LogP contribution in [0.4, 0.5) is 10.5 Å². The molecule has 0 fully saturated rings. The lowest BCUT2D eigenvalue weighted by atomic mass is 10.1. The molecule has 1 N–H and O–H groups in total. The van der Waals surface area contributed by atoms with E-state index in [1.807, 2.05) is 20.8 Å². The Hall–Kier alpha value is -2.10. The van der Waals surface area contributed by atoms with E-state index >= 15 is 0 Å². The maximum absolute atomic E-state index is 13.0. The molecule has 0 aliphatic heterocycles. The number of carbonyl (C=O) groups is 1. The fourth-order valence-corrected chi connectivity index (χ4v) is 3.44. The molecule has 0 atom stereocenters. The second-order valence-electron chi connectivity index (χ2n) is 9.10. The molecule has 10 heteroatoms. The van der Waals surface area contributed by atoms with Crippen LogP contribution in [0.1, 0.15) is 20.8 Å². The number of methoxy groups -OCH3 is 1. The summed E-state index contributed by atoms with van der Waals surface area (Å²) in [7, 11) is 0.254. The molecule has 0 aromatic carbocycles. The number of H-pyrrole nitrogens is 1. The number of rotatable bonds is 8. The summed E-state index contributed by atoms with van der Waals surface area (Å²) >= 11 is 6.14. The highest BCUT2D eigenvalue weighted by Crippen LogP contribution is 2.36. The van der Waals surface area contributed by atoms with Gasteiger partial charge in [-0.05, 0) is 32.9 Å². The maximum Gasteiger partial charge on any atom is 0.416 e. The van der Waals surface area contributed by atoms with Crippen molar-refractivity contribution in [2.75, 3.05) is 25.3 Å². The summed E-state index contributed by atoms with van der Waals surface area (Å²) in [6.45, 7) is 12.9. The van der Waals surface area contributed by atoms with Crippen molar-refractivity contribution in [3.05, 3.63) is 23.5 Å². The van der Waals surface area contributed by atoms with Gasteiger partial charge < -0.3 is 14.2 Å². The molecule has 0 saturated heterocycles. The first kappa shape index (κ1) is 24.2. The summed E-state index contributed by atoms with van der Waals surface area (Å²) in [6, 6.07) is 2.68. The lowest BCUT2D eigenvalue weighted by molar-refractivity contribution is 0.0500.